The number of aromatic carboxylic acids is 1. The molecule has 2 heterocycles. The van der Waals surface area contributed by atoms with Crippen LogP contribution in [0.2, 0.25) is 0 Å². The van der Waals surface area contributed by atoms with Crippen molar-refractivity contribution in [2.24, 2.45) is 5.92 Å². The van der Waals surface area contributed by atoms with Gasteiger partial charge in [-0.15, -0.1) is 5.10 Å². The van der Waals surface area contributed by atoms with Crippen molar-refractivity contribution < 1.29 is 14.4 Å². The van der Waals surface area contributed by atoms with Crippen LogP contribution in [0.5, 0.6) is 0 Å². The van der Waals surface area contributed by atoms with Gasteiger partial charge in [0.2, 0.25) is 5.89 Å². The molecular formula is C12H17N5O3. The molecule has 1 N–H and O–H groups in total. The van der Waals surface area contributed by atoms with Crippen LogP contribution in [0.3, 0.4) is 0 Å². The fraction of sp³-hybridized carbons (Fsp3) is 0.583. The molecule has 0 unspecified atom stereocenters. The molecule has 0 radical (unpaired) electrons. The summed E-state index contributed by atoms with van der Waals surface area (Å²) in [7, 11) is 0. The predicted molar refractivity (Wildman–Crippen MR) is 68.3 cm³/mol. The Labute approximate surface area is 115 Å². The number of hydrogen-bond donors (Lipinski definition) is 1. The normalized spacial score (nSPS) is 11.2. The van der Waals surface area contributed by atoms with Crippen LogP contribution in [-0.4, -0.2) is 36.2 Å². The maximum Gasteiger partial charge on any atom is 0.358 e. The summed E-state index contributed by atoms with van der Waals surface area (Å²) in [4.78, 5) is 15.3. The van der Waals surface area contributed by atoms with E-state index in [4.69, 9.17) is 9.63 Å². The Balaban J connectivity index is 2.28. The Morgan fingerprint density at radius 2 is 2.20 bits per heavy atom. The van der Waals surface area contributed by atoms with Gasteiger partial charge in [-0.1, -0.05) is 31.1 Å². The van der Waals surface area contributed by atoms with Gasteiger partial charge in [-0.2, -0.15) is 4.98 Å². The first-order chi connectivity index (χ1) is 9.51. The molecule has 0 aliphatic carbocycles. The van der Waals surface area contributed by atoms with Gasteiger partial charge in [0.25, 0.3) is 0 Å². The van der Waals surface area contributed by atoms with Gasteiger partial charge in [-0.25, -0.2) is 9.48 Å². The molecule has 20 heavy (non-hydrogen) atoms. The van der Waals surface area contributed by atoms with E-state index >= 15 is 0 Å². The monoisotopic (exact) mass is 279 g/mol. The molecule has 0 bridgehead atoms. The first-order valence-corrected chi connectivity index (χ1v) is 6.48. The average molecular weight is 279 g/mol. The van der Waals surface area contributed by atoms with Crippen molar-refractivity contribution >= 4 is 5.97 Å². The maximum absolute atomic E-state index is 11.2. The third kappa shape index (κ3) is 3.01. The summed E-state index contributed by atoms with van der Waals surface area (Å²) in [6.07, 6.45) is 1.25. The van der Waals surface area contributed by atoms with Gasteiger partial charge in [0.1, 0.15) is 6.54 Å². The van der Waals surface area contributed by atoms with Crippen LogP contribution in [0.25, 0.3) is 0 Å². The smallest absolute Gasteiger partial charge is 0.358 e. The largest absolute Gasteiger partial charge is 0.476 e. The predicted octanol–water partition coefficient (Wildman–Crippen LogP) is 1.17. The van der Waals surface area contributed by atoms with E-state index in [1.54, 1.807) is 0 Å². The number of carbonyl (C=O) groups is 1. The van der Waals surface area contributed by atoms with E-state index in [0.29, 0.717) is 36.2 Å². The number of carboxylic acid groups (broad SMARTS) is 1. The van der Waals surface area contributed by atoms with Gasteiger partial charge in [0, 0.05) is 6.42 Å². The molecule has 2 rings (SSSR count). The summed E-state index contributed by atoms with van der Waals surface area (Å²) in [6, 6.07) is 0. The highest BCUT2D eigenvalue weighted by molar-refractivity contribution is 5.86. The van der Waals surface area contributed by atoms with E-state index in [0.717, 1.165) is 0 Å². The highest BCUT2D eigenvalue weighted by atomic mass is 16.5. The van der Waals surface area contributed by atoms with E-state index in [1.807, 2.05) is 20.8 Å². The number of carboxylic acids is 1. The van der Waals surface area contributed by atoms with Crippen molar-refractivity contribution in [2.45, 2.75) is 40.2 Å². The Bertz CT molecular complexity index is 602. The summed E-state index contributed by atoms with van der Waals surface area (Å²) in [6.45, 7) is 6.17. The third-order valence-corrected chi connectivity index (χ3v) is 2.75. The van der Waals surface area contributed by atoms with Crippen molar-refractivity contribution in [1.82, 2.24) is 25.1 Å². The summed E-state index contributed by atoms with van der Waals surface area (Å²) in [5, 5.41) is 20.5. The Kier molecular flexibility index (Phi) is 4.11. The van der Waals surface area contributed by atoms with E-state index < -0.39 is 5.97 Å². The van der Waals surface area contributed by atoms with Gasteiger partial charge < -0.3 is 9.63 Å². The molecule has 8 heteroatoms. The van der Waals surface area contributed by atoms with Gasteiger partial charge in [0.05, 0.1) is 5.69 Å². The molecule has 0 aliphatic rings. The minimum absolute atomic E-state index is 0.0195. The standard InChI is InChI=1S/C12H17N5O3/c1-4-9-13-10(20-15-9)6-17-8(5-7(2)3)11(12(18)19)14-16-17/h7H,4-6H2,1-3H3,(H,18,19). The molecule has 108 valence electrons. The number of aromatic nitrogens is 5. The second kappa shape index (κ2) is 5.81. The Hall–Kier alpha value is -2.25. The molecule has 0 saturated heterocycles. The number of aryl methyl sites for hydroxylation is 1. The third-order valence-electron chi connectivity index (χ3n) is 2.75. The first-order valence-electron chi connectivity index (χ1n) is 6.48. The minimum Gasteiger partial charge on any atom is -0.476 e. The minimum atomic E-state index is -1.08. The summed E-state index contributed by atoms with van der Waals surface area (Å²) >= 11 is 0. The first kappa shape index (κ1) is 14.2. The average Bonchev–Trinajstić information content (AvgIpc) is 2.97. The van der Waals surface area contributed by atoms with Gasteiger partial charge >= 0.3 is 5.97 Å². The second-order valence-corrected chi connectivity index (χ2v) is 4.90. The lowest BCUT2D eigenvalue weighted by atomic mass is 10.1. The lowest BCUT2D eigenvalue weighted by Gasteiger charge is -2.07. The molecule has 0 aliphatic heterocycles. The van der Waals surface area contributed by atoms with Crippen LogP contribution in [0.15, 0.2) is 4.52 Å². The molecule has 0 saturated carbocycles. The quantitative estimate of drug-likeness (QED) is 0.845. The number of rotatable bonds is 6. The van der Waals surface area contributed by atoms with Crippen LogP contribution < -0.4 is 0 Å². The zero-order chi connectivity index (χ0) is 14.7. The fourth-order valence-electron chi connectivity index (χ4n) is 1.84. The van der Waals surface area contributed by atoms with Crippen LogP contribution >= 0.6 is 0 Å². The van der Waals surface area contributed by atoms with E-state index in [-0.39, 0.29) is 12.2 Å². The van der Waals surface area contributed by atoms with Crippen LogP contribution in [0.4, 0.5) is 0 Å². The summed E-state index contributed by atoms with van der Waals surface area (Å²) < 4.78 is 6.60. The zero-order valence-electron chi connectivity index (χ0n) is 11.7. The van der Waals surface area contributed by atoms with E-state index in [9.17, 15) is 4.79 Å². The Morgan fingerprint density at radius 3 is 2.75 bits per heavy atom. The van der Waals surface area contributed by atoms with Crippen LogP contribution in [0.1, 0.15) is 48.7 Å². The van der Waals surface area contributed by atoms with Crippen molar-refractivity contribution in [3.63, 3.8) is 0 Å². The Morgan fingerprint density at radius 1 is 1.45 bits per heavy atom. The molecule has 2 aromatic heterocycles. The number of nitrogens with zero attached hydrogens (tertiary/aromatic N) is 5. The maximum atomic E-state index is 11.2. The molecule has 0 spiro atoms. The van der Waals surface area contributed by atoms with Crippen molar-refractivity contribution in [3.05, 3.63) is 23.1 Å². The van der Waals surface area contributed by atoms with Crippen molar-refractivity contribution in [1.29, 1.82) is 0 Å². The number of hydrogen-bond acceptors (Lipinski definition) is 6. The SMILES string of the molecule is CCc1noc(Cn2nnc(C(=O)O)c2CC(C)C)n1. The molecule has 0 aromatic carbocycles. The lowest BCUT2D eigenvalue weighted by molar-refractivity contribution is 0.0689. The van der Waals surface area contributed by atoms with Gasteiger partial charge in [-0.05, 0) is 12.3 Å². The summed E-state index contributed by atoms with van der Waals surface area (Å²) in [5.41, 5.74) is 0.553. The van der Waals surface area contributed by atoms with Gasteiger partial charge in [-0.3, -0.25) is 0 Å². The summed E-state index contributed by atoms with van der Waals surface area (Å²) in [5.74, 6) is 0.226. The topological polar surface area (TPSA) is 107 Å². The molecule has 0 amide bonds. The zero-order valence-corrected chi connectivity index (χ0v) is 11.7. The lowest BCUT2D eigenvalue weighted by Crippen LogP contribution is -2.12. The van der Waals surface area contributed by atoms with Crippen molar-refractivity contribution in [3.8, 4) is 0 Å². The second-order valence-electron chi connectivity index (χ2n) is 4.90. The highest BCUT2D eigenvalue weighted by Crippen LogP contribution is 2.13. The van der Waals surface area contributed by atoms with E-state index in [2.05, 4.69) is 20.5 Å². The fourth-order valence-corrected chi connectivity index (χ4v) is 1.84. The molecule has 8 nitrogen and oxygen atoms in total. The molecular weight excluding hydrogens is 262 g/mol. The molecule has 2 aromatic rings. The van der Waals surface area contributed by atoms with Gasteiger partial charge in [0.15, 0.2) is 11.5 Å². The van der Waals surface area contributed by atoms with Crippen LogP contribution in [-0.2, 0) is 19.4 Å². The highest BCUT2D eigenvalue weighted by Gasteiger charge is 2.21. The molecule has 0 atom stereocenters. The van der Waals surface area contributed by atoms with Crippen molar-refractivity contribution in [2.75, 3.05) is 0 Å². The molecule has 0 fully saturated rings. The van der Waals surface area contributed by atoms with Crippen LogP contribution in [0, 0.1) is 5.92 Å². The van der Waals surface area contributed by atoms with E-state index in [1.165, 1.54) is 4.68 Å².